The molecule has 1 saturated carbocycles. The zero-order valence-electron chi connectivity index (χ0n) is 16.8. The highest BCUT2D eigenvalue weighted by atomic mass is 16.2. The van der Waals surface area contributed by atoms with Crippen LogP contribution in [-0.4, -0.2) is 43.4 Å². The third kappa shape index (κ3) is 4.42. The highest BCUT2D eigenvalue weighted by Crippen LogP contribution is 2.53. The van der Waals surface area contributed by atoms with Crippen LogP contribution in [0.2, 0.25) is 0 Å². The topological polar surface area (TPSA) is 75.4 Å². The number of primary amides is 1. The zero-order valence-corrected chi connectivity index (χ0v) is 16.8. The van der Waals surface area contributed by atoms with Gasteiger partial charge in [0, 0.05) is 29.5 Å². The van der Waals surface area contributed by atoms with E-state index in [2.05, 4.69) is 29.3 Å². The molecule has 0 spiro atoms. The predicted octanol–water partition coefficient (Wildman–Crippen LogP) is 2.35. The van der Waals surface area contributed by atoms with E-state index in [4.69, 9.17) is 5.73 Å². The highest BCUT2D eigenvalue weighted by molar-refractivity contribution is 5.92. The van der Waals surface area contributed by atoms with E-state index in [0.717, 1.165) is 18.4 Å². The molecule has 0 radical (unpaired) electrons. The van der Waals surface area contributed by atoms with Gasteiger partial charge in [-0.1, -0.05) is 49.4 Å². The van der Waals surface area contributed by atoms with Crippen LogP contribution in [-0.2, 0) is 16.6 Å². The van der Waals surface area contributed by atoms with E-state index in [1.54, 1.807) is 12.1 Å². The number of nitrogens with two attached hydrogens (primary N) is 1. The highest BCUT2D eigenvalue weighted by Gasteiger charge is 2.55. The number of rotatable bonds is 8. The van der Waals surface area contributed by atoms with Gasteiger partial charge in [-0.2, -0.15) is 0 Å². The van der Waals surface area contributed by atoms with E-state index >= 15 is 0 Å². The number of amides is 2. The van der Waals surface area contributed by atoms with Crippen LogP contribution in [0, 0.1) is 5.92 Å². The van der Waals surface area contributed by atoms with Crippen molar-refractivity contribution < 1.29 is 9.59 Å². The van der Waals surface area contributed by atoms with Gasteiger partial charge in [0.05, 0.1) is 0 Å². The number of carbonyl (C=O) groups is 2. The van der Waals surface area contributed by atoms with Crippen molar-refractivity contribution in [3.05, 3.63) is 71.3 Å². The summed E-state index contributed by atoms with van der Waals surface area (Å²) in [4.78, 5) is 26.0. The summed E-state index contributed by atoms with van der Waals surface area (Å²) in [6, 6.07) is 17.8. The first-order chi connectivity index (χ1) is 13.3. The van der Waals surface area contributed by atoms with Gasteiger partial charge in [-0.3, -0.25) is 9.59 Å². The van der Waals surface area contributed by atoms with E-state index in [1.165, 1.54) is 5.56 Å². The number of carbonyl (C=O) groups excluding carboxylic acids is 2. The summed E-state index contributed by atoms with van der Waals surface area (Å²) in [5.74, 6) is -0.260. The molecule has 0 aliphatic heterocycles. The van der Waals surface area contributed by atoms with Crippen LogP contribution < -0.4 is 11.1 Å². The van der Waals surface area contributed by atoms with E-state index in [1.807, 2.05) is 44.4 Å². The molecule has 3 atom stereocenters. The molecule has 0 saturated heterocycles. The summed E-state index contributed by atoms with van der Waals surface area (Å²) >= 11 is 0. The van der Waals surface area contributed by atoms with E-state index in [0.29, 0.717) is 12.1 Å². The second-order valence-electron chi connectivity index (χ2n) is 8.17. The van der Waals surface area contributed by atoms with Gasteiger partial charge >= 0.3 is 0 Å². The first-order valence-corrected chi connectivity index (χ1v) is 9.69. The third-order valence-corrected chi connectivity index (χ3v) is 5.94. The van der Waals surface area contributed by atoms with Crippen molar-refractivity contribution in [1.29, 1.82) is 0 Å². The number of benzene rings is 2. The van der Waals surface area contributed by atoms with Gasteiger partial charge in [0.1, 0.15) is 0 Å². The lowest BCUT2D eigenvalue weighted by atomic mass is 9.95. The zero-order chi connectivity index (χ0) is 20.3. The van der Waals surface area contributed by atoms with Crippen molar-refractivity contribution in [3.63, 3.8) is 0 Å². The van der Waals surface area contributed by atoms with Crippen molar-refractivity contribution in [3.8, 4) is 0 Å². The number of hydrogen-bond donors (Lipinski definition) is 2. The van der Waals surface area contributed by atoms with Gasteiger partial charge in [-0.25, -0.2) is 0 Å². The van der Waals surface area contributed by atoms with Gasteiger partial charge in [-0.05, 0) is 50.2 Å². The van der Waals surface area contributed by atoms with Crippen molar-refractivity contribution in [2.24, 2.45) is 11.7 Å². The Bertz CT molecular complexity index is 833. The van der Waals surface area contributed by atoms with Gasteiger partial charge < -0.3 is 16.0 Å². The Balaban J connectivity index is 1.57. The van der Waals surface area contributed by atoms with Crippen LogP contribution in [0.5, 0.6) is 0 Å². The van der Waals surface area contributed by atoms with Gasteiger partial charge in [0.2, 0.25) is 11.8 Å². The summed E-state index contributed by atoms with van der Waals surface area (Å²) in [7, 11) is 4.03. The maximum Gasteiger partial charge on any atom is 0.248 e. The third-order valence-electron chi connectivity index (χ3n) is 5.94. The minimum atomic E-state index is -0.422. The molecule has 1 fully saturated rings. The molecule has 5 heteroatoms. The van der Waals surface area contributed by atoms with E-state index in [9.17, 15) is 9.59 Å². The molecule has 3 N–H and O–H groups in total. The normalized spacial score (nSPS) is 21.9. The molecular formula is C23H29N3O2. The van der Waals surface area contributed by atoms with Gasteiger partial charge in [0.15, 0.2) is 0 Å². The summed E-state index contributed by atoms with van der Waals surface area (Å²) in [6.07, 6.45) is 1.68. The van der Waals surface area contributed by atoms with E-state index in [-0.39, 0.29) is 23.3 Å². The SMILES string of the molecule is CN(C)[C@H](CNC(=O)[C@@H]1C[C@]1(C)c1ccccc1)Cc1ccc(C(N)=O)cc1. The molecular weight excluding hydrogens is 350 g/mol. The molecule has 5 nitrogen and oxygen atoms in total. The molecule has 2 aromatic rings. The minimum absolute atomic E-state index is 0.0348. The molecule has 2 aromatic carbocycles. The van der Waals surface area contributed by atoms with Gasteiger partial charge in [-0.15, -0.1) is 0 Å². The Hall–Kier alpha value is -2.66. The van der Waals surface area contributed by atoms with Crippen molar-refractivity contribution >= 4 is 11.8 Å². The first kappa shape index (κ1) is 20.1. The van der Waals surface area contributed by atoms with Crippen molar-refractivity contribution in [2.45, 2.75) is 31.2 Å². The van der Waals surface area contributed by atoms with Crippen molar-refractivity contribution in [1.82, 2.24) is 10.2 Å². The van der Waals surface area contributed by atoms with Crippen LogP contribution in [0.4, 0.5) is 0 Å². The largest absolute Gasteiger partial charge is 0.366 e. The second kappa shape index (κ2) is 8.15. The lowest BCUT2D eigenvalue weighted by Crippen LogP contribution is -2.42. The maximum atomic E-state index is 12.7. The van der Waals surface area contributed by atoms with Crippen LogP contribution in [0.25, 0.3) is 0 Å². The Kier molecular flexibility index (Phi) is 5.84. The fraction of sp³-hybridized carbons (Fsp3) is 0.391. The Morgan fingerprint density at radius 1 is 1.14 bits per heavy atom. The van der Waals surface area contributed by atoms with Crippen LogP contribution in [0.3, 0.4) is 0 Å². The molecule has 0 aromatic heterocycles. The standard InChI is InChI=1S/C23H29N3O2/c1-23(18-7-5-4-6-8-18)14-20(23)22(28)25-15-19(26(2)3)13-16-9-11-17(12-10-16)21(24)27/h4-12,19-20H,13-15H2,1-3H3,(H2,24,27)(H,25,28)/t19-,20-,23+/m0/s1. The van der Waals surface area contributed by atoms with Crippen molar-refractivity contribution in [2.75, 3.05) is 20.6 Å². The lowest BCUT2D eigenvalue weighted by molar-refractivity contribution is -0.122. The summed E-state index contributed by atoms with van der Waals surface area (Å²) in [6.45, 7) is 2.75. The Morgan fingerprint density at radius 2 is 1.79 bits per heavy atom. The predicted molar refractivity (Wildman–Crippen MR) is 111 cm³/mol. The summed E-state index contributed by atoms with van der Waals surface area (Å²) in [5, 5.41) is 3.15. The number of hydrogen-bond acceptors (Lipinski definition) is 3. The van der Waals surface area contributed by atoms with Crippen LogP contribution >= 0.6 is 0 Å². The fourth-order valence-electron chi connectivity index (χ4n) is 3.74. The smallest absolute Gasteiger partial charge is 0.248 e. The molecule has 2 amide bonds. The lowest BCUT2D eigenvalue weighted by Gasteiger charge is -2.25. The number of likely N-dealkylation sites (N-methyl/N-ethyl adjacent to an activating group) is 1. The average molecular weight is 380 g/mol. The fourth-order valence-corrected chi connectivity index (χ4v) is 3.74. The molecule has 1 aliphatic carbocycles. The van der Waals surface area contributed by atoms with Gasteiger partial charge in [0.25, 0.3) is 0 Å². The van der Waals surface area contributed by atoms with Crippen LogP contribution in [0.15, 0.2) is 54.6 Å². The van der Waals surface area contributed by atoms with Crippen LogP contribution in [0.1, 0.15) is 34.8 Å². The maximum absolute atomic E-state index is 12.7. The molecule has 0 unspecified atom stereocenters. The summed E-state index contributed by atoms with van der Waals surface area (Å²) < 4.78 is 0. The Morgan fingerprint density at radius 3 is 2.36 bits per heavy atom. The molecule has 1 aliphatic rings. The first-order valence-electron chi connectivity index (χ1n) is 9.69. The van der Waals surface area contributed by atoms with E-state index < -0.39 is 5.91 Å². The molecule has 0 heterocycles. The number of nitrogens with one attached hydrogen (secondary N) is 1. The molecule has 148 valence electrons. The minimum Gasteiger partial charge on any atom is -0.366 e. The summed E-state index contributed by atoms with van der Waals surface area (Å²) in [5.41, 5.74) is 8.09. The average Bonchev–Trinajstić information content (AvgIpc) is 3.39. The Labute approximate surface area is 166 Å². The monoisotopic (exact) mass is 379 g/mol. The molecule has 3 rings (SSSR count). The molecule has 28 heavy (non-hydrogen) atoms. The number of nitrogens with zero attached hydrogens (tertiary/aromatic N) is 1. The molecule has 0 bridgehead atoms. The second-order valence-corrected chi connectivity index (χ2v) is 8.17. The quantitative estimate of drug-likeness (QED) is 0.739.